The summed E-state index contributed by atoms with van der Waals surface area (Å²) in [6.07, 6.45) is -0.449. The van der Waals surface area contributed by atoms with Crippen LogP contribution in [0.1, 0.15) is 13.8 Å². The highest BCUT2D eigenvalue weighted by atomic mass is 16.5. The largest absolute Gasteiger partial charge is 0.493 e. The number of rotatable bonds is 5. The van der Waals surface area contributed by atoms with Crippen LogP contribution in [0.3, 0.4) is 0 Å². The topological polar surface area (TPSA) is 38.7 Å². The van der Waals surface area contributed by atoms with Gasteiger partial charge in [0, 0.05) is 0 Å². The molecular weight excluding hydrogens is 192 g/mol. The van der Waals surface area contributed by atoms with Gasteiger partial charge in [0.1, 0.15) is 6.61 Å². The Kier molecular flexibility index (Phi) is 4.43. The zero-order valence-corrected chi connectivity index (χ0v) is 9.43. The molecule has 0 heterocycles. The maximum atomic E-state index is 9.59. The summed E-state index contributed by atoms with van der Waals surface area (Å²) in [7, 11) is 1.60. The van der Waals surface area contributed by atoms with E-state index in [2.05, 4.69) is 0 Å². The van der Waals surface area contributed by atoms with Crippen LogP contribution >= 0.6 is 0 Å². The lowest BCUT2D eigenvalue weighted by atomic mass is 10.1. The minimum absolute atomic E-state index is 0.194. The molecule has 0 saturated carbocycles. The van der Waals surface area contributed by atoms with Gasteiger partial charge in [-0.1, -0.05) is 26.0 Å². The summed E-state index contributed by atoms with van der Waals surface area (Å²) < 4.78 is 10.6. The van der Waals surface area contributed by atoms with Crippen LogP contribution in [0.2, 0.25) is 0 Å². The van der Waals surface area contributed by atoms with E-state index in [-0.39, 0.29) is 12.5 Å². The fraction of sp³-hybridized carbons (Fsp3) is 0.500. The lowest BCUT2D eigenvalue weighted by Crippen LogP contribution is -2.23. The summed E-state index contributed by atoms with van der Waals surface area (Å²) in [6, 6.07) is 7.41. The monoisotopic (exact) mass is 210 g/mol. The Morgan fingerprint density at radius 1 is 1.20 bits per heavy atom. The summed E-state index contributed by atoms with van der Waals surface area (Å²) in [4.78, 5) is 0. The van der Waals surface area contributed by atoms with Crippen LogP contribution in [0.4, 0.5) is 0 Å². The van der Waals surface area contributed by atoms with Gasteiger partial charge in [0.15, 0.2) is 11.5 Å². The minimum atomic E-state index is -0.449. The van der Waals surface area contributed by atoms with E-state index < -0.39 is 6.10 Å². The molecule has 1 aromatic carbocycles. The lowest BCUT2D eigenvalue weighted by Gasteiger charge is -2.16. The maximum absolute atomic E-state index is 9.59. The van der Waals surface area contributed by atoms with Gasteiger partial charge >= 0.3 is 0 Å². The molecule has 0 bridgehead atoms. The predicted molar refractivity (Wildman–Crippen MR) is 59.3 cm³/mol. The summed E-state index contributed by atoms with van der Waals surface area (Å²) in [5.41, 5.74) is 0. The van der Waals surface area contributed by atoms with E-state index in [0.29, 0.717) is 11.5 Å². The Balaban J connectivity index is 2.57. The van der Waals surface area contributed by atoms with Crippen molar-refractivity contribution in [2.75, 3.05) is 13.7 Å². The van der Waals surface area contributed by atoms with Crippen molar-refractivity contribution >= 4 is 0 Å². The second kappa shape index (κ2) is 5.61. The van der Waals surface area contributed by atoms with E-state index in [1.54, 1.807) is 7.11 Å². The van der Waals surface area contributed by atoms with Crippen LogP contribution in [0.5, 0.6) is 11.5 Å². The van der Waals surface area contributed by atoms with Gasteiger partial charge in [-0.3, -0.25) is 0 Å². The zero-order valence-electron chi connectivity index (χ0n) is 9.43. The van der Waals surface area contributed by atoms with Crippen LogP contribution < -0.4 is 9.47 Å². The van der Waals surface area contributed by atoms with Gasteiger partial charge in [0.05, 0.1) is 13.2 Å². The number of methoxy groups -OCH3 is 1. The molecule has 0 radical (unpaired) electrons. The summed E-state index contributed by atoms with van der Waals surface area (Å²) >= 11 is 0. The number of hydrogen-bond donors (Lipinski definition) is 1. The van der Waals surface area contributed by atoms with Gasteiger partial charge in [0.2, 0.25) is 0 Å². The Hall–Kier alpha value is -1.22. The first-order chi connectivity index (χ1) is 7.15. The quantitative estimate of drug-likeness (QED) is 0.808. The molecule has 0 fully saturated rings. The molecule has 0 aliphatic rings. The fourth-order valence-electron chi connectivity index (χ4n) is 1.11. The molecule has 15 heavy (non-hydrogen) atoms. The number of hydrogen-bond acceptors (Lipinski definition) is 3. The van der Waals surface area contributed by atoms with E-state index in [1.165, 1.54) is 0 Å². The van der Waals surface area contributed by atoms with Crippen molar-refractivity contribution < 1.29 is 14.6 Å². The molecule has 0 saturated heterocycles. The van der Waals surface area contributed by atoms with Gasteiger partial charge < -0.3 is 14.6 Å². The van der Waals surface area contributed by atoms with Crippen molar-refractivity contribution in [2.24, 2.45) is 5.92 Å². The Bertz CT molecular complexity index is 297. The van der Waals surface area contributed by atoms with Crippen molar-refractivity contribution in [3.63, 3.8) is 0 Å². The highest BCUT2D eigenvalue weighted by molar-refractivity contribution is 5.39. The van der Waals surface area contributed by atoms with Crippen molar-refractivity contribution in [1.82, 2.24) is 0 Å². The molecule has 0 amide bonds. The smallest absolute Gasteiger partial charge is 0.161 e. The molecule has 3 nitrogen and oxygen atoms in total. The van der Waals surface area contributed by atoms with Crippen molar-refractivity contribution in [2.45, 2.75) is 20.0 Å². The second-order valence-corrected chi connectivity index (χ2v) is 3.77. The van der Waals surface area contributed by atoms with Gasteiger partial charge in [-0.2, -0.15) is 0 Å². The number of aliphatic hydroxyl groups excluding tert-OH is 1. The summed E-state index contributed by atoms with van der Waals surface area (Å²) in [5, 5.41) is 9.59. The predicted octanol–water partition coefficient (Wildman–Crippen LogP) is 2.09. The number of ether oxygens (including phenoxy) is 2. The standard InChI is InChI=1S/C12H18O3/c1-9(2)10(13)8-15-12-7-5-4-6-11(12)14-3/h4-7,9-10,13H,8H2,1-3H3. The highest BCUT2D eigenvalue weighted by Gasteiger charge is 2.11. The summed E-state index contributed by atoms with van der Waals surface area (Å²) in [5.74, 6) is 1.55. The van der Waals surface area contributed by atoms with Crippen molar-refractivity contribution in [1.29, 1.82) is 0 Å². The molecular formula is C12H18O3. The van der Waals surface area contributed by atoms with Gasteiger partial charge in [-0.25, -0.2) is 0 Å². The van der Waals surface area contributed by atoms with Crippen LogP contribution in [0.25, 0.3) is 0 Å². The molecule has 84 valence electrons. The Morgan fingerprint density at radius 2 is 1.80 bits per heavy atom. The van der Waals surface area contributed by atoms with Crippen molar-refractivity contribution in [3.05, 3.63) is 24.3 Å². The first kappa shape index (κ1) is 11.9. The third kappa shape index (κ3) is 3.44. The van der Waals surface area contributed by atoms with E-state index in [0.717, 1.165) is 0 Å². The number of aliphatic hydroxyl groups is 1. The Labute approximate surface area is 90.6 Å². The van der Waals surface area contributed by atoms with Crippen molar-refractivity contribution in [3.8, 4) is 11.5 Å². The highest BCUT2D eigenvalue weighted by Crippen LogP contribution is 2.26. The summed E-state index contributed by atoms with van der Waals surface area (Å²) in [6.45, 7) is 4.20. The molecule has 0 aliphatic carbocycles. The van der Waals surface area contributed by atoms with Crippen LogP contribution in [-0.2, 0) is 0 Å². The maximum Gasteiger partial charge on any atom is 0.161 e. The van der Waals surface area contributed by atoms with Crippen LogP contribution in [0, 0.1) is 5.92 Å². The first-order valence-corrected chi connectivity index (χ1v) is 5.09. The van der Waals surface area contributed by atoms with Gasteiger partial charge in [-0.15, -0.1) is 0 Å². The molecule has 1 aromatic rings. The number of benzene rings is 1. The van der Waals surface area contributed by atoms with E-state index >= 15 is 0 Å². The number of para-hydroxylation sites is 2. The molecule has 1 atom stereocenters. The molecule has 1 unspecified atom stereocenters. The lowest BCUT2D eigenvalue weighted by molar-refractivity contribution is 0.0689. The normalized spacial score (nSPS) is 12.6. The molecule has 1 N–H and O–H groups in total. The molecule has 0 aromatic heterocycles. The van der Waals surface area contributed by atoms with E-state index in [1.807, 2.05) is 38.1 Å². The molecule has 1 rings (SSSR count). The average molecular weight is 210 g/mol. The van der Waals surface area contributed by atoms with Crippen LogP contribution in [0.15, 0.2) is 24.3 Å². The SMILES string of the molecule is COc1ccccc1OCC(O)C(C)C. The van der Waals surface area contributed by atoms with Crippen LogP contribution in [-0.4, -0.2) is 24.9 Å². The van der Waals surface area contributed by atoms with E-state index in [4.69, 9.17) is 9.47 Å². The Morgan fingerprint density at radius 3 is 2.33 bits per heavy atom. The molecule has 0 aliphatic heterocycles. The third-order valence-corrected chi connectivity index (χ3v) is 2.25. The third-order valence-electron chi connectivity index (χ3n) is 2.25. The van der Waals surface area contributed by atoms with Gasteiger partial charge in [0.25, 0.3) is 0 Å². The zero-order chi connectivity index (χ0) is 11.3. The van der Waals surface area contributed by atoms with Gasteiger partial charge in [-0.05, 0) is 18.1 Å². The fourth-order valence-corrected chi connectivity index (χ4v) is 1.11. The second-order valence-electron chi connectivity index (χ2n) is 3.77. The average Bonchev–Trinajstić information content (AvgIpc) is 2.26. The molecule has 3 heteroatoms. The van der Waals surface area contributed by atoms with E-state index in [9.17, 15) is 5.11 Å². The first-order valence-electron chi connectivity index (χ1n) is 5.09. The molecule has 0 spiro atoms. The minimum Gasteiger partial charge on any atom is -0.493 e.